The molecule has 3 saturated heterocycles. The first kappa shape index (κ1) is 6.44. The molecule has 0 aromatic rings. The van der Waals surface area contributed by atoms with Crippen LogP contribution in [-0.2, 0) is 0 Å². The molecule has 3 aliphatic heterocycles. The topological polar surface area (TPSA) is 15.3 Å². The van der Waals surface area contributed by atoms with Crippen LogP contribution in [0.4, 0.5) is 0 Å². The van der Waals surface area contributed by atoms with E-state index in [0.29, 0.717) is 0 Å². The van der Waals surface area contributed by atoms with Gasteiger partial charge in [-0.3, -0.25) is 4.90 Å². The molecule has 0 saturated carbocycles. The van der Waals surface area contributed by atoms with E-state index in [1.54, 1.807) is 0 Å². The molecule has 0 radical (unpaired) electrons. The van der Waals surface area contributed by atoms with Crippen LogP contribution in [0.15, 0.2) is 0 Å². The van der Waals surface area contributed by atoms with Gasteiger partial charge in [0.25, 0.3) is 0 Å². The zero-order chi connectivity index (χ0) is 7.26. The van der Waals surface area contributed by atoms with Crippen molar-refractivity contribution in [1.29, 1.82) is 0 Å². The summed E-state index contributed by atoms with van der Waals surface area (Å²) in [6, 6.07) is 1.83. The van der Waals surface area contributed by atoms with Crippen molar-refractivity contribution >= 4 is 0 Å². The van der Waals surface area contributed by atoms with Gasteiger partial charge < -0.3 is 5.32 Å². The van der Waals surface area contributed by atoms with Crippen molar-refractivity contribution in [3.63, 3.8) is 0 Å². The maximum Gasteiger partial charge on any atom is 0.0238 e. The Labute approximate surface area is 68.0 Å². The maximum atomic E-state index is 3.61. The first-order chi connectivity index (χ1) is 5.45. The van der Waals surface area contributed by atoms with Crippen molar-refractivity contribution in [2.75, 3.05) is 19.6 Å². The van der Waals surface area contributed by atoms with Gasteiger partial charge in [-0.1, -0.05) is 0 Å². The summed E-state index contributed by atoms with van der Waals surface area (Å²) >= 11 is 0. The molecular weight excluding hydrogens is 136 g/mol. The highest BCUT2D eigenvalue weighted by atomic mass is 15.3. The Balaban J connectivity index is 1.84. The number of nitrogens with one attached hydrogen (secondary N) is 1. The normalized spacial score (nSPS) is 49.6. The third-order valence-electron chi connectivity index (χ3n) is 3.74. The van der Waals surface area contributed by atoms with Gasteiger partial charge in [0.05, 0.1) is 0 Å². The van der Waals surface area contributed by atoms with Gasteiger partial charge in [-0.05, 0) is 38.3 Å². The molecule has 3 atom stereocenters. The van der Waals surface area contributed by atoms with Crippen LogP contribution in [0.2, 0.25) is 0 Å². The van der Waals surface area contributed by atoms with Gasteiger partial charge in [0, 0.05) is 18.6 Å². The summed E-state index contributed by atoms with van der Waals surface area (Å²) in [5.41, 5.74) is 0. The van der Waals surface area contributed by atoms with Crippen molar-refractivity contribution in [1.82, 2.24) is 10.2 Å². The van der Waals surface area contributed by atoms with Gasteiger partial charge in [0.15, 0.2) is 0 Å². The average Bonchev–Trinajstić information content (AvgIpc) is 2.52. The molecule has 3 aliphatic rings. The molecule has 3 rings (SSSR count). The van der Waals surface area contributed by atoms with E-state index in [1.165, 1.54) is 38.9 Å². The van der Waals surface area contributed by atoms with Crippen LogP contribution in [0.5, 0.6) is 0 Å². The van der Waals surface area contributed by atoms with Gasteiger partial charge in [-0.25, -0.2) is 0 Å². The third-order valence-corrected chi connectivity index (χ3v) is 3.74. The van der Waals surface area contributed by atoms with E-state index >= 15 is 0 Å². The average molecular weight is 152 g/mol. The number of nitrogens with zero attached hydrogens (tertiary/aromatic N) is 1. The summed E-state index contributed by atoms with van der Waals surface area (Å²) < 4.78 is 0. The lowest BCUT2D eigenvalue weighted by molar-refractivity contribution is 0.286. The molecule has 11 heavy (non-hydrogen) atoms. The van der Waals surface area contributed by atoms with Gasteiger partial charge in [0.2, 0.25) is 0 Å². The fourth-order valence-electron chi connectivity index (χ4n) is 3.26. The summed E-state index contributed by atoms with van der Waals surface area (Å²) in [4.78, 5) is 2.70. The van der Waals surface area contributed by atoms with E-state index in [2.05, 4.69) is 10.2 Å². The smallest absolute Gasteiger partial charge is 0.0238 e. The summed E-state index contributed by atoms with van der Waals surface area (Å²) in [5, 5.41) is 3.61. The van der Waals surface area contributed by atoms with Crippen LogP contribution in [-0.4, -0.2) is 36.6 Å². The fraction of sp³-hybridized carbons (Fsp3) is 1.00. The summed E-state index contributed by atoms with van der Waals surface area (Å²) in [6.07, 6.45) is 4.36. The van der Waals surface area contributed by atoms with Gasteiger partial charge in [-0.15, -0.1) is 0 Å². The summed E-state index contributed by atoms with van der Waals surface area (Å²) in [6.45, 7) is 3.99. The zero-order valence-corrected chi connectivity index (χ0v) is 6.92. The van der Waals surface area contributed by atoms with Crippen molar-refractivity contribution in [2.24, 2.45) is 5.92 Å². The van der Waals surface area contributed by atoms with Crippen molar-refractivity contribution in [3.8, 4) is 0 Å². The second-order valence-corrected chi connectivity index (χ2v) is 4.22. The molecular formula is C9H16N2. The van der Waals surface area contributed by atoms with Crippen LogP contribution < -0.4 is 5.32 Å². The van der Waals surface area contributed by atoms with Crippen LogP contribution >= 0.6 is 0 Å². The van der Waals surface area contributed by atoms with Crippen molar-refractivity contribution < 1.29 is 0 Å². The predicted molar refractivity (Wildman–Crippen MR) is 44.5 cm³/mol. The highest BCUT2D eigenvalue weighted by Gasteiger charge is 2.45. The molecule has 0 aliphatic carbocycles. The van der Waals surface area contributed by atoms with Gasteiger partial charge in [-0.2, -0.15) is 0 Å². The summed E-state index contributed by atoms with van der Waals surface area (Å²) in [7, 11) is 0. The molecule has 2 nitrogen and oxygen atoms in total. The van der Waals surface area contributed by atoms with Crippen molar-refractivity contribution in [2.45, 2.75) is 31.3 Å². The number of rotatable bonds is 0. The number of hydrogen-bond donors (Lipinski definition) is 1. The summed E-state index contributed by atoms with van der Waals surface area (Å²) in [5.74, 6) is 1.01. The minimum Gasteiger partial charge on any atom is -0.312 e. The highest BCUT2D eigenvalue weighted by Crippen LogP contribution is 2.36. The van der Waals surface area contributed by atoms with Crippen LogP contribution in [0.1, 0.15) is 19.3 Å². The Morgan fingerprint density at radius 2 is 2.27 bits per heavy atom. The minimum atomic E-state index is 0.861. The quantitative estimate of drug-likeness (QED) is 0.542. The molecule has 0 spiro atoms. The second-order valence-electron chi connectivity index (χ2n) is 4.22. The molecule has 1 N–H and O–H groups in total. The Hall–Kier alpha value is -0.0800. The Kier molecular flexibility index (Phi) is 1.29. The zero-order valence-electron chi connectivity index (χ0n) is 6.92. The molecule has 0 amide bonds. The van der Waals surface area contributed by atoms with Crippen LogP contribution in [0.25, 0.3) is 0 Å². The molecule has 3 heterocycles. The van der Waals surface area contributed by atoms with Crippen LogP contribution in [0, 0.1) is 5.92 Å². The molecule has 3 fully saturated rings. The predicted octanol–water partition coefficient (Wildman–Crippen LogP) is 0.442. The standard InChI is InChI=1S/C9H16N2/c1-2-9-7-3-4-10-8(7)6-11(9)5-1/h7-10H,1-6H2. The van der Waals surface area contributed by atoms with E-state index in [4.69, 9.17) is 0 Å². The molecule has 3 unspecified atom stereocenters. The molecule has 0 bridgehead atoms. The SMILES string of the molecule is C1CC2C3CCNC3CN2C1. The molecule has 62 valence electrons. The van der Waals surface area contributed by atoms with E-state index in [-0.39, 0.29) is 0 Å². The lowest BCUT2D eigenvalue weighted by atomic mass is 9.95. The highest BCUT2D eigenvalue weighted by molar-refractivity contribution is 5.02. The lowest BCUT2D eigenvalue weighted by Crippen LogP contribution is -2.29. The third kappa shape index (κ3) is 0.798. The van der Waals surface area contributed by atoms with E-state index < -0.39 is 0 Å². The minimum absolute atomic E-state index is 0.861. The van der Waals surface area contributed by atoms with Gasteiger partial charge in [0.1, 0.15) is 0 Å². The Morgan fingerprint density at radius 3 is 3.27 bits per heavy atom. The second kappa shape index (κ2) is 2.20. The monoisotopic (exact) mass is 152 g/mol. The number of hydrogen-bond acceptors (Lipinski definition) is 2. The van der Waals surface area contributed by atoms with E-state index in [1.807, 2.05) is 0 Å². The molecule has 2 heteroatoms. The lowest BCUT2D eigenvalue weighted by Gasteiger charge is -2.17. The van der Waals surface area contributed by atoms with Gasteiger partial charge >= 0.3 is 0 Å². The first-order valence-corrected chi connectivity index (χ1v) is 4.92. The van der Waals surface area contributed by atoms with Crippen LogP contribution in [0.3, 0.4) is 0 Å². The maximum absolute atomic E-state index is 3.61. The fourth-order valence-corrected chi connectivity index (χ4v) is 3.26. The number of fused-ring (bicyclic) bond motifs is 3. The Bertz CT molecular complexity index is 151. The molecule has 0 aromatic heterocycles. The first-order valence-electron chi connectivity index (χ1n) is 4.92. The van der Waals surface area contributed by atoms with E-state index in [9.17, 15) is 0 Å². The Morgan fingerprint density at radius 1 is 1.27 bits per heavy atom. The molecule has 0 aromatic carbocycles. The van der Waals surface area contributed by atoms with E-state index in [0.717, 1.165) is 18.0 Å². The van der Waals surface area contributed by atoms with Crippen molar-refractivity contribution in [3.05, 3.63) is 0 Å². The largest absolute Gasteiger partial charge is 0.312 e.